The van der Waals surface area contributed by atoms with Gasteiger partial charge in [-0.25, -0.2) is 4.79 Å². The maximum absolute atomic E-state index is 12.3. The number of fused-ring (bicyclic) bond motifs is 1. The summed E-state index contributed by atoms with van der Waals surface area (Å²) in [5, 5.41) is 0. The molecule has 0 heterocycles. The van der Waals surface area contributed by atoms with E-state index in [-0.39, 0.29) is 17.5 Å². The van der Waals surface area contributed by atoms with Crippen molar-refractivity contribution in [2.45, 2.75) is 51.6 Å². The number of hydrogen-bond acceptors (Lipinski definition) is 3. The summed E-state index contributed by atoms with van der Waals surface area (Å²) in [6, 6.07) is 9.21. The molecule has 0 aliphatic heterocycles. The Hall–Kier alpha value is -1.64. The van der Waals surface area contributed by atoms with Gasteiger partial charge < -0.3 is 9.53 Å². The Morgan fingerprint density at radius 1 is 1.27 bits per heavy atom. The predicted molar refractivity (Wildman–Crippen MR) is 84.5 cm³/mol. The summed E-state index contributed by atoms with van der Waals surface area (Å²) in [4.78, 5) is 23.3. The average Bonchev–Trinajstić information content (AvgIpc) is 2.86. The molecule has 0 amide bonds. The van der Waals surface area contributed by atoms with E-state index in [2.05, 4.69) is 6.92 Å². The number of rotatable bonds is 4. The third kappa shape index (κ3) is 2.69. The molecule has 0 radical (unpaired) electrons. The number of carbonyl (C=O) groups excluding carboxylic acids is 2. The van der Waals surface area contributed by atoms with Crippen molar-refractivity contribution in [1.29, 1.82) is 0 Å². The van der Waals surface area contributed by atoms with Crippen LogP contribution in [-0.2, 0) is 9.53 Å². The Labute approximate surface area is 132 Å². The summed E-state index contributed by atoms with van der Waals surface area (Å²) in [6.45, 7) is 2.29. The molecule has 2 aliphatic carbocycles. The van der Waals surface area contributed by atoms with Gasteiger partial charge in [-0.15, -0.1) is 0 Å². The van der Waals surface area contributed by atoms with Crippen LogP contribution in [0.2, 0.25) is 0 Å². The topological polar surface area (TPSA) is 43.4 Å². The Morgan fingerprint density at radius 2 is 2.05 bits per heavy atom. The highest BCUT2D eigenvalue weighted by molar-refractivity contribution is 5.89. The van der Waals surface area contributed by atoms with Gasteiger partial charge in [0.1, 0.15) is 12.4 Å². The molecule has 2 fully saturated rings. The van der Waals surface area contributed by atoms with Gasteiger partial charge in [0.15, 0.2) is 0 Å². The van der Waals surface area contributed by atoms with E-state index in [9.17, 15) is 9.59 Å². The normalized spacial score (nSPS) is 34.0. The van der Waals surface area contributed by atoms with Crippen molar-refractivity contribution in [2.24, 2.45) is 17.3 Å². The smallest absolute Gasteiger partial charge is 0.338 e. The minimum Gasteiger partial charge on any atom is -0.458 e. The summed E-state index contributed by atoms with van der Waals surface area (Å²) >= 11 is 0. The van der Waals surface area contributed by atoms with Gasteiger partial charge in [-0.1, -0.05) is 25.1 Å². The molecule has 22 heavy (non-hydrogen) atoms. The lowest BCUT2D eigenvalue weighted by molar-refractivity contribution is -0.110. The monoisotopic (exact) mass is 300 g/mol. The average molecular weight is 300 g/mol. The van der Waals surface area contributed by atoms with Crippen LogP contribution < -0.4 is 0 Å². The van der Waals surface area contributed by atoms with Gasteiger partial charge in [0.25, 0.3) is 0 Å². The second-order valence-corrected chi connectivity index (χ2v) is 6.99. The molecular weight excluding hydrogens is 276 g/mol. The van der Waals surface area contributed by atoms with E-state index in [0.717, 1.165) is 38.4 Å². The molecule has 0 N–H and O–H groups in total. The van der Waals surface area contributed by atoms with Crippen molar-refractivity contribution in [1.82, 2.24) is 0 Å². The van der Waals surface area contributed by atoms with Gasteiger partial charge in [-0.05, 0) is 55.6 Å². The van der Waals surface area contributed by atoms with Crippen molar-refractivity contribution >= 4 is 12.3 Å². The van der Waals surface area contributed by atoms with E-state index < -0.39 is 0 Å². The van der Waals surface area contributed by atoms with Crippen molar-refractivity contribution in [3.63, 3.8) is 0 Å². The van der Waals surface area contributed by atoms with Gasteiger partial charge in [0.2, 0.25) is 0 Å². The summed E-state index contributed by atoms with van der Waals surface area (Å²) in [7, 11) is 0. The largest absolute Gasteiger partial charge is 0.458 e. The fraction of sp³-hybridized carbons (Fsp3) is 0.579. The summed E-state index contributed by atoms with van der Waals surface area (Å²) < 4.78 is 5.86. The van der Waals surface area contributed by atoms with E-state index in [1.165, 1.54) is 0 Å². The molecule has 0 spiro atoms. The first-order valence-corrected chi connectivity index (χ1v) is 8.35. The molecule has 3 heteroatoms. The van der Waals surface area contributed by atoms with Crippen LogP contribution in [0.1, 0.15) is 55.8 Å². The lowest BCUT2D eigenvalue weighted by Gasteiger charge is -2.44. The Bertz CT molecular complexity index is 539. The van der Waals surface area contributed by atoms with E-state index >= 15 is 0 Å². The minimum atomic E-state index is -0.214. The summed E-state index contributed by atoms with van der Waals surface area (Å²) in [5.41, 5.74) is 0.776. The van der Waals surface area contributed by atoms with Crippen LogP contribution >= 0.6 is 0 Å². The molecular formula is C19H24O3. The second kappa shape index (κ2) is 6.23. The predicted octanol–water partition coefficient (Wildman–Crippen LogP) is 4.02. The first kappa shape index (κ1) is 15.3. The standard InChI is InChI=1S/C19H24O3/c1-19-12-5-8-17(16(19)10-9-15(19)11-13-20)22-18(21)14-6-3-2-4-7-14/h2-4,6-7,13,15-17H,5,8-12H2,1H3. The van der Waals surface area contributed by atoms with Crippen LogP contribution in [0, 0.1) is 17.3 Å². The molecule has 3 nitrogen and oxygen atoms in total. The molecule has 1 aromatic rings. The first-order chi connectivity index (χ1) is 10.6. The highest BCUT2D eigenvalue weighted by Crippen LogP contribution is 2.57. The van der Waals surface area contributed by atoms with E-state index in [0.29, 0.717) is 23.8 Å². The molecule has 3 rings (SSSR count). The van der Waals surface area contributed by atoms with Crippen molar-refractivity contribution < 1.29 is 14.3 Å². The zero-order valence-electron chi connectivity index (χ0n) is 13.2. The third-order valence-corrected chi connectivity index (χ3v) is 5.91. The quantitative estimate of drug-likeness (QED) is 0.623. The highest BCUT2D eigenvalue weighted by atomic mass is 16.5. The lowest BCUT2D eigenvalue weighted by Crippen LogP contribution is -2.42. The Balaban J connectivity index is 1.72. The van der Waals surface area contributed by atoms with Crippen LogP contribution in [0.4, 0.5) is 0 Å². The van der Waals surface area contributed by atoms with Gasteiger partial charge in [-0.3, -0.25) is 0 Å². The van der Waals surface area contributed by atoms with Crippen molar-refractivity contribution in [3.05, 3.63) is 35.9 Å². The molecule has 118 valence electrons. The third-order valence-electron chi connectivity index (χ3n) is 5.91. The van der Waals surface area contributed by atoms with E-state index in [1.807, 2.05) is 18.2 Å². The van der Waals surface area contributed by atoms with Crippen LogP contribution in [0.25, 0.3) is 0 Å². The molecule has 2 aliphatic rings. The number of aldehydes is 1. The zero-order chi connectivity index (χ0) is 15.6. The Morgan fingerprint density at radius 3 is 2.77 bits per heavy atom. The second-order valence-electron chi connectivity index (χ2n) is 6.99. The zero-order valence-corrected chi connectivity index (χ0v) is 13.2. The summed E-state index contributed by atoms with van der Waals surface area (Å²) in [6.07, 6.45) is 7.03. The van der Waals surface area contributed by atoms with E-state index in [4.69, 9.17) is 4.74 Å². The van der Waals surface area contributed by atoms with E-state index in [1.54, 1.807) is 12.1 Å². The van der Waals surface area contributed by atoms with Gasteiger partial charge in [0, 0.05) is 12.3 Å². The maximum Gasteiger partial charge on any atom is 0.338 e. The van der Waals surface area contributed by atoms with Gasteiger partial charge >= 0.3 is 5.97 Å². The highest BCUT2D eigenvalue weighted by Gasteiger charge is 2.52. The lowest BCUT2D eigenvalue weighted by atomic mass is 9.64. The van der Waals surface area contributed by atoms with Crippen molar-refractivity contribution in [3.8, 4) is 0 Å². The molecule has 2 saturated carbocycles. The van der Waals surface area contributed by atoms with Crippen LogP contribution in [0.3, 0.4) is 0 Å². The van der Waals surface area contributed by atoms with Crippen LogP contribution in [-0.4, -0.2) is 18.4 Å². The molecule has 1 aromatic carbocycles. The summed E-state index contributed by atoms with van der Waals surface area (Å²) in [5.74, 6) is 0.640. The number of carbonyl (C=O) groups is 2. The molecule has 0 saturated heterocycles. The first-order valence-electron chi connectivity index (χ1n) is 8.35. The van der Waals surface area contributed by atoms with Gasteiger partial charge in [0.05, 0.1) is 5.56 Å². The molecule has 0 bridgehead atoms. The molecule has 0 aromatic heterocycles. The van der Waals surface area contributed by atoms with Gasteiger partial charge in [-0.2, -0.15) is 0 Å². The maximum atomic E-state index is 12.3. The fourth-order valence-electron chi connectivity index (χ4n) is 4.65. The molecule has 4 unspecified atom stereocenters. The molecule has 4 atom stereocenters. The van der Waals surface area contributed by atoms with Crippen LogP contribution in [0.15, 0.2) is 30.3 Å². The number of esters is 1. The number of ether oxygens (including phenoxy) is 1. The Kier molecular flexibility index (Phi) is 4.32. The number of hydrogen-bond donors (Lipinski definition) is 0. The fourth-order valence-corrected chi connectivity index (χ4v) is 4.65. The van der Waals surface area contributed by atoms with Crippen LogP contribution in [0.5, 0.6) is 0 Å². The number of benzene rings is 1. The minimum absolute atomic E-state index is 0.00288. The van der Waals surface area contributed by atoms with Crippen molar-refractivity contribution in [2.75, 3.05) is 0 Å². The SMILES string of the molecule is CC12CCCC(OC(=O)c3ccccc3)C1CCC2CC=O.